The highest BCUT2D eigenvalue weighted by molar-refractivity contribution is 9.10. The van der Waals surface area contributed by atoms with Crippen molar-refractivity contribution in [2.45, 2.75) is 32.7 Å². The smallest absolute Gasteiger partial charge is 0.0627 e. The summed E-state index contributed by atoms with van der Waals surface area (Å²) in [5, 5.41) is 5.64. The van der Waals surface area contributed by atoms with Crippen molar-refractivity contribution in [3.63, 3.8) is 0 Å². The number of rotatable bonds is 6. The van der Waals surface area contributed by atoms with Gasteiger partial charge in [-0.05, 0) is 56.4 Å². The average Bonchev–Trinajstić information content (AvgIpc) is 2.87. The van der Waals surface area contributed by atoms with E-state index < -0.39 is 0 Å². The topological polar surface area (TPSA) is 17.8 Å². The lowest BCUT2D eigenvalue weighted by atomic mass is 9.97. The molecule has 0 aliphatic heterocycles. The van der Waals surface area contributed by atoms with E-state index in [1.54, 1.807) is 0 Å². The van der Waals surface area contributed by atoms with Gasteiger partial charge in [0.2, 0.25) is 0 Å². The largest absolute Gasteiger partial charge is 0.270 e. The van der Waals surface area contributed by atoms with Crippen molar-refractivity contribution < 1.29 is 0 Å². The molecular weight excluding hydrogens is 380 g/mol. The fourth-order valence-electron chi connectivity index (χ4n) is 2.25. The van der Waals surface area contributed by atoms with Gasteiger partial charge in [-0.15, -0.1) is 0 Å². The molecule has 0 saturated heterocycles. The highest BCUT2D eigenvalue weighted by atomic mass is 79.9. The molecule has 0 aliphatic rings. The summed E-state index contributed by atoms with van der Waals surface area (Å²) in [6.45, 7) is 4.31. The molecule has 1 aromatic heterocycles. The fourth-order valence-corrected chi connectivity index (χ4v) is 3.15. The van der Waals surface area contributed by atoms with E-state index in [1.807, 2.05) is 4.68 Å². The van der Waals surface area contributed by atoms with Gasteiger partial charge >= 0.3 is 0 Å². The number of halogens is 2. The van der Waals surface area contributed by atoms with Crippen LogP contribution in [0.2, 0.25) is 0 Å². The molecule has 0 saturated carbocycles. The maximum absolute atomic E-state index is 4.64. The monoisotopic (exact) mass is 398 g/mol. The summed E-state index contributed by atoms with van der Waals surface area (Å²) in [4.78, 5) is 0. The van der Waals surface area contributed by atoms with Gasteiger partial charge in [0, 0.05) is 22.0 Å². The van der Waals surface area contributed by atoms with Crippen LogP contribution >= 0.6 is 31.9 Å². The van der Waals surface area contributed by atoms with E-state index in [1.165, 1.54) is 11.3 Å². The summed E-state index contributed by atoms with van der Waals surface area (Å²) < 4.78 is 3.17. The number of hydrogen-bond acceptors (Lipinski definition) is 1. The Kier molecular flexibility index (Phi) is 5.85. The number of benzene rings is 1. The lowest BCUT2D eigenvalue weighted by Crippen LogP contribution is -2.11. The molecule has 0 amide bonds. The Labute approximate surface area is 137 Å². The van der Waals surface area contributed by atoms with Crippen LogP contribution in [-0.4, -0.2) is 15.1 Å². The van der Waals surface area contributed by atoms with E-state index in [4.69, 9.17) is 0 Å². The van der Waals surface area contributed by atoms with Gasteiger partial charge in [-0.25, -0.2) is 0 Å². The van der Waals surface area contributed by atoms with Crippen molar-refractivity contribution in [2.75, 3.05) is 5.33 Å². The van der Waals surface area contributed by atoms with E-state index in [9.17, 15) is 0 Å². The SMILES string of the molecule is CC(C)n1ccc(CC(CBr)Cc2cccc(Br)c2)n1. The lowest BCUT2D eigenvalue weighted by molar-refractivity contribution is 0.513. The van der Waals surface area contributed by atoms with E-state index >= 15 is 0 Å². The molecule has 4 heteroatoms. The van der Waals surface area contributed by atoms with Crippen LogP contribution in [0.3, 0.4) is 0 Å². The molecule has 0 aliphatic carbocycles. The third kappa shape index (κ3) is 4.45. The third-order valence-corrected chi connectivity index (χ3v) is 4.73. The molecule has 0 spiro atoms. The minimum Gasteiger partial charge on any atom is -0.270 e. The molecule has 0 bridgehead atoms. The fraction of sp³-hybridized carbons (Fsp3) is 0.438. The van der Waals surface area contributed by atoms with Crippen LogP contribution in [0.15, 0.2) is 41.0 Å². The minimum absolute atomic E-state index is 0.427. The summed E-state index contributed by atoms with van der Waals surface area (Å²) in [5.41, 5.74) is 2.55. The van der Waals surface area contributed by atoms with Gasteiger partial charge in [0.05, 0.1) is 5.69 Å². The Balaban J connectivity index is 2.01. The standard InChI is InChI=1S/C16H20Br2N2/c1-12(2)20-7-6-16(19-20)10-14(11-17)8-13-4-3-5-15(18)9-13/h3-7,9,12,14H,8,10-11H2,1-2H3. The molecule has 0 fully saturated rings. The first-order valence-electron chi connectivity index (χ1n) is 6.93. The number of alkyl halides is 1. The predicted molar refractivity (Wildman–Crippen MR) is 91.4 cm³/mol. The molecule has 20 heavy (non-hydrogen) atoms. The molecule has 2 aromatic rings. The summed E-state index contributed by atoms with van der Waals surface area (Å²) in [5.74, 6) is 0.569. The van der Waals surface area contributed by atoms with Gasteiger partial charge in [-0.2, -0.15) is 5.10 Å². The second kappa shape index (κ2) is 7.41. The van der Waals surface area contributed by atoms with E-state index in [0.29, 0.717) is 12.0 Å². The second-order valence-corrected chi connectivity index (χ2v) is 7.00. The molecule has 2 nitrogen and oxygen atoms in total. The van der Waals surface area contributed by atoms with Crippen LogP contribution < -0.4 is 0 Å². The van der Waals surface area contributed by atoms with E-state index in [-0.39, 0.29) is 0 Å². The maximum atomic E-state index is 4.64. The van der Waals surface area contributed by atoms with E-state index in [2.05, 4.69) is 87.3 Å². The molecular formula is C16H20Br2N2. The summed E-state index contributed by atoms with van der Waals surface area (Å²) in [6, 6.07) is 11.1. The van der Waals surface area contributed by atoms with Crippen molar-refractivity contribution in [3.8, 4) is 0 Å². The Morgan fingerprint density at radius 2 is 2.00 bits per heavy atom. The summed E-state index contributed by atoms with van der Waals surface area (Å²) in [7, 11) is 0. The molecule has 1 aromatic carbocycles. The van der Waals surface area contributed by atoms with Gasteiger partial charge in [-0.1, -0.05) is 44.0 Å². The lowest BCUT2D eigenvalue weighted by Gasteiger charge is -2.13. The van der Waals surface area contributed by atoms with Gasteiger partial charge in [0.15, 0.2) is 0 Å². The molecule has 1 heterocycles. The van der Waals surface area contributed by atoms with Crippen LogP contribution in [-0.2, 0) is 12.8 Å². The Hall–Kier alpha value is -0.610. The minimum atomic E-state index is 0.427. The first-order chi connectivity index (χ1) is 9.58. The van der Waals surface area contributed by atoms with Crippen LogP contribution in [0, 0.1) is 5.92 Å². The highest BCUT2D eigenvalue weighted by Crippen LogP contribution is 2.19. The van der Waals surface area contributed by atoms with Crippen LogP contribution in [0.5, 0.6) is 0 Å². The van der Waals surface area contributed by atoms with E-state index in [0.717, 1.165) is 22.6 Å². The molecule has 2 rings (SSSR count). The van der Waals surface area contributed by atoms with Gasteiger partial charge in [-0.3, -0.25) is 4.68 Å². The van der Waals surface area contributed by atoms with Crippen LogP contribution in [0.4, 0.5) is 0 Å². The normalized spacial score (nSPS) is 12.8. The van der Waals surface area contributed by atoms with Gasteiger partial charge in [0.25, 0.3) is 0 Å². The third-order valence-electron chi connectivity index (χ3n) is 3.32. The van der Waals surface area contributed by atoms with Crippen LogP contribution in [0.25, 0.3) is 0 Å². The Bertz CT molecular complexity index is 549. The Morgan fingerprint density at radius 1 is 1.20 bits per heavy atom. The van der Waals surface area contributed by atoms with Crippen molar-refractivity contribution in [3.05, 3.63) is 52.3 Å². The zero-order chi connectivity index (χ0) is 14.5. The van der Waals surface area contributed by atoms with Crippen molar-refractivity contribution in [2.24, 2.45) is 5.92 Å². The van der Waals surface area contributed by atoms with Crippen LogP contribution in [0.1, 0.15) is 31.1 Å². The predicted octanol–water partition coefficient (Wildman–Crippen LogP) is 5.02. The highest BCUT2D eigenvalue weighted by Gasteiger charge is 2.12. The zero-order valence-electron chi connectivity index (χ0n) is 11.9. The molecule has 1 unspecified atom stereocenters. The molecule has 0 N–H and O–H groups in total. The second-order valence-electron chi connectivity index (χ2n) is 5.44. The Morgan fingerprint density at radius 3 is 2.60 bits per heavy atom. The average molecular weight is 400 g/mol. The first-order valence-corrected chi connectivity index (χ1v) is 8.84. The van der Waals surface area contributed by atoms with Gasteiger partial charge in [0.1, 0.15) is 0 Å². The number of aromatic nitrogens is 2. The molecule has 0 radical (unpaired) electrons. The van der Waals surface area contributed by atoms with Crippen molar-refractivity contribution in [1.29, 1.82) is 0 Å². The molecule has 1 atom stereocenters. The number of nitrogens with zero attached hydrogens (tertiary/aromatic N) is 2. The first kappa shape index (κ1) is 15.8. The van der Waals surface area contributed by atoms with Crippen molar-refractivity contribution in [1.82, 2.24) is 9.78 Å². The number of hydrogen-bond donors (Lipinski definition) is 0. The summed E-state index contributed by atoms with van der Waals surface area (Å²) in [6.07, 6.45) is 4.15. The zero-order valence-corrected chi connectivity index (χ0v) is 15.1. The summed E-state index contributed by atoms with van der Waals surface area (Å²) >= 11 is 7.17. The molecule has 108 valence electrons. The maximum Gasteiger partial charge on any atom is 0.0627 e. The quantitative estimate of drug-likeness (QED) is 0.623. The van der Waals surface area contributed by atoms with Crippen molar-refractivity contribution >= 4 is 31.9 Å². The van der Waals surface area contributed by atoms with Gasteiger partial charge < -0.3 is 0 Å².